The van der Waals surface area contributed by atoms with Crippen LogP contribution in [0.15, 0.2) is 18.3 Å². The van der Waals surface area contributed by atoms with Gasteiger partial charge in [0.25, 0.3) is 0 Å². The number of hydrogen-bond donors (Lipinski definition) is 0. The molecule has 0 aromatic carbocycles. The van der Waals surface area contributed by atoms with E-state index in [-0.39, 0.29) is 12.3 Å². The summed E-state index contributed by atoms with van der Waals surface area (Å²) in [5.41, 5.74) is -0.00785. The van der Waals surface area contributed by atoms with Gasteiger partial charge in [0.1, 0.15) is 10.8 Å². The van der Waals surface area contributed by atoms with Crippen molar-refractivity contribution in [2.75, 3.05) is 13.1 Å². The highest BCUT2D eigenvalue weighted by atomic mass is 35.5. The summed E-state index contributed by atoms with van der Waals surface area (Å²) in [7, 11) is -3.39. The van der Waals surface area contributed by atoms with Crippen LogP contribution in [0.2, 0.25) is 5.15 Å². The van der Waals surface area contributed by atoms with E-state index in [1.807, 2.05) is 0 Å². The summed E-state index contributed by atoms with van der Waals surface area (Å²) in [6, 6.07) is 3.22. The van der Waals surface area contributed by atoms with Crippen LogP contribution in [-0.2, 0) is 20.3 Å². The van der Waals surface area contributed by atoms with Crippen molar-refractivity contribution in [3.05, 3.63) is 29.0 Å². The SMILES string of the molecule is CC(C)(C)OC(=O)N1CCC[C@H](S(=O)(=O)Cc2ccc(Cl)nc2)C1. The van der Waals surface area contributed by atoms with Crippen LogP contribution in [0.5, 0.6) is 0 Å². The number of likely N-dealkylation sites (tertiary alicyclic amines) is 1. The molecule has 0 N–H and O–H groups in total. The average molecular weight is 375 g/mol. The Bertz CT molecular complexity index is 683. The molecule has 1 aliphatic heterocycles. The highest BCUT2D eigenvalue weighted by Gasteiger charge is 2.34. The summed E-state index contributed by atoms with van der Waals surface area (Å²) in [6.07, 6.45) is 2.19. The smallest absolute Gasteiger partial charge is 0.410 e. The molecule has 24 heavy (non-hydrogen) atoms. The topological polar surface area (TPSA) is 76.6 Å². The predicted molar refractivity (Wildman–Crippen MR) is 92.7 cm³/mol. The molecule has 1 fully saturated rings. The summed E-state index contributed by atoms with van der Waals surface area (Å²) >= 11 is 5.72. The monoisotopic (exact) mass is 374 g/mol. The minimum absolute atomic E-state index is 0.107. The largest absolute Gasteiger partial charge is 0.444 e. The fourth-order valence-corrected chi connectivity index (χ4v) is 4.48. The predicted octanol–water partition coefficient (Wildman–Crippen LogP) is 3.05. The van der Waals surface area contributed by atoms with E-state index in [1.54, 1.807) is 32.9 Å². The van der Waals surface area contributed by atoms with E-state index in [0.717, 1.165) is 0 Å². The van der Waals surface area contributed by atoms with Crippen LogP contribution in [0.25, 0.3) is 0 Å². The molecule has 1 aliphatic rings. The van der Waals surface area contributed by atoms with Crippen LogP contribution in [0.4, 0.5) is 4.79 Å². The van der Waals surface area contributed by atoms with Gasteiger partial charge in [-0.3, -0.25) is 0 Å². The van der Waals surface area contributed by atoms with Gasteiger partial charge in [0.05, 0.1) is 11.0 Å². The second-order valence-corrected chi connectivity index (χ2v) is 9.66. The van der Waals surface area contributed by atoms with E-state index in [9.17, 15) is 13.2 Å². The maximum atomic E-state index is 12.7. The number of nitrogens with zero attached hydrogens (tertiary/aromatic N) is 2. The number of carbonyl (C=O) groups excluding carboxylic acids is 1. The molecule has 134 valence electrons. The van der Waals surface area contributed by atoms with E-state index in [0.29, 0.717) is 30.1 Å². The Kier molecular flexibility index (Phi) is 5.75. The molecule has 0 saturated carbocycles. The number of rotatable bonds is 3. The molecule has 2 rings (SSSR count). The van der Waals surface area contributed by atoms with E-state index in [1.165, 1.54) is 11.1 Å². The first-order valence-corrected chi connectivity index (χ1v) is 9.96. The molecule has 2 heterocycles. The number of halogens is 1. The van der Waals surface area contributed by atoms with Gasteiger partial charge in [0, 0.05) is 19.3 Å². The van der Waals surface area contributed by atoms with Crippen LogP contribution >= 0.6 is 11.6 Å². The molecular formula is C16H23ClN2O4S. The van der Waals surface area contributed by atoms with Gasteiger partial charge in [-0.25, -0.2) is 18.2 Å². The lowest BCUT2D eigenvalue weighted by molar-refractivity contribution is 0.0219. The van der Waals surface area contributed by atoms with Crippen molar-refractivity contribution in [1.82, 2.24) is 9.88 Å². The Hall–Kier alpha value is -1.34. The molecule has 0 unspecified atom stereocenters. The Labute approximate surface area is 148 Å². The minimum Gasteiger partial charge on any atom is -0.444 e. The maximum Gasteiger partial charge on any atom is 0.410 e. The zero-order valence-corrected chi connectivity index (χ0v) is 15.7. The quantitative estimate of drug-likeness (QED) is 0.760. The van der Waals surface area contributed by atoms with Crippen LogP contribution < -0.4 is 0 Å². The zero-order chi connectivity index (χ0) is 18.0. The summed E-state index contributed by atoms with van der Waals surface area (Å²) < 4.78 is 30.6. The maximum absolute atomic E-state index is 12.7. The Morgan fingerprint density at radius 3 is 2.71 bits per heavy atom. The number of carbonyl (C=O) groups is 1. The Balaban J connectivity index is 2.04. The van der Waals surface area contributed by atoms with Gasteiger partial charge < -0.3 is 9.64 Å². The molecule has 6 nitrogen and oxygen atoms in total. The lowest BCUT2D eigenvalue weighted by Gasteiger charge is -2.33. The Morgan fingerprint density at radius 2 is 2.12 bits per heavy atom. The third-order valence-electron chi connectivity index (χ3n) is 3.69. The third kappa shape index (κ3) is 5.34. The summed E-state index contributed by atoms with van der Waals surface area (Å²) in [4.78, 5) is 17.6. The molecule has 1 amide bonds. The number of ether oxygens (including phenoxy) is 1. The van der Waals surface area contributed by atoms with Gasteiger partial charge in [-0.1, -0.05) is 17.7 Å². The van der Waals surface area contributed by atoms with Gasteiger partial charge >= 0.3 is 6.09 Å². The number of piperidine rings is 1. The van der Waals surface area contributed by atoms with Crippen molar-refractivity contribution in [3.8, 4) is 0 Å². The highest BCUT2D eigenvalue weighted by Crippen LogP contribution is 2.22. The van der Waals surface area contributed by atoms with Crippen LogP contribution in [-0.4, -0.2) is 48.3 Å². The van der Waals surface area contributed by atoms with Gasteiger partial charge in [-0.05, 0) is 45.2 Å². The number of aromatic nitrogens is 1. The molecule has 1 aromatic heterocycles. The fraction of sp³-hybridized carbons (Fsp3) is 0.625. The molecule has 1 aromatic rings. The lowest BCUT2D eigenvalue weighted by atomic mass is 10.1. The minimum atomic E-state index is -3.39. The van der Waals surface area contributed by atoms with E-state index in [4.69, 9.17) is 16.3 Å². The molecule has 0 spiro atoms. The first-order valence-electron chi connectivity index (χ1n) is 7.87. The molecule has 0 bridgehead atoms. The van der Waals surface area contributed by atoms with Gasteiger partial charge in [-0.2, -0.15) is 0 Å². The van der Waals surface area contributed by atoms with Crippen LogP contribution in [0.3, 0.4) is 0 Å². The van der Waals surface area contributed by atoms with Crippen molar-refractivity contribution in [3.63, 3.8) is 0 Å². The van der Waals surface area contributed by atoms with Gasteiger partial charge in [0.2, 0.25) is 0 Å². The molecular weight excluding hydrogens is 352 g/mol. The fourth-order valence-electron chi connectivity index (χ4n) is 2.57. The third-order valence-corrected chi connectivity index (χ3v) is 6.05. The van der Waals surface area contributed by atoms with Crippen LogP contribution in [0.1, 0.15) is 39.2 Å². The Morgan fingerprint density at radius 1 is 1.42 bits per heavy atom. The number of hydrogen-bond acceptors (Lipinski definition) is 5. The molecule has 0 aliphatic carbocycles. The standard InChI is InChI=1S/C16H23ClN2O4S/c1-16(2,3)23-15(20)19-8-4-5-13(10-19)24(21,22)11-12-6-7-14(17)18-9-12/h6-7,9,13H,4-5,8,10-11H2,1-3H3/t13-/m0/s1. The van der Waals surface area contributed by atoms with E-state index >= 15 is 0 Å². The summed E-state index contributed by atoms with van der Waals surface area (Å²) in [5, 5.41) is -0.264. The first kappa shape index (κ1) is 19.0. The highest BCUT2D eigenvalue weighted by molar-refractivity contribution is 7.91. The average Bonchev–Trinajstić information content (AvgIpc) is 2.48. The second kappa shape index (κ2) is 7.27. The molecule has 0 radical (unpaired) electrons. The van der Waals surface area contributed by atoms with Crippen molar-refractivity contribution in [2.45, 2.75) is 50.2 Å². The summed E-state index contributed by atoms with van der Waals surface area (Å²) in [6.45, 7) is 6.05. The molecule has 1 atom stereocenters. The van der Waals surface area contributed by atoms with Crippen molar-refractivity contribution >= 4 is 27.5 Å². The summed E-state index contributed by atoms with van der Waals surface area (Å²) in [5.74, 6) is -0.107. The first-order chi connectivity index (χ1) is 11.1. The zero-order valence-electron chi connectivity index (χ0n) is 14.2. The molecule has 8 heteroatoms. The second-order valence-electron chi connectivity index (χ2n) is 6.99. The van der Waals surface area contributed by atoms with Gasteiger partial charge in [-0.15, -0.1) is 0 Å². The molecule has 1 saturated heterocycles. The lowest BCUT2D eigenvalue weighted by Crippen LogP contribution is -2.47. The van der Waals surface area contributed by atoms with Gasteiger partial charge in [0.15, 0.2) is 9.84 Å². The normalized spacial score (nSPS) is 19.2. The van der Waals surface area contributed by atoms with E-state index < -0.39 is 26.8 Å². The van der Waals surface area contributed by atoms with Crippen molar-refractivity contribution in [2.24, 2.45) is 0 Å². The van der Waals surface area contributed by atoms with E-state index in [2.05, 4.69) is 4.98 Å². The van der Waals surface area contributed by atoms with Crippen LogP contribution in [0, 0.1) is 0 Å². The number of pyridine rings is 1. The number of amides is 1. The van der Waals surface area contributed by atoms with Crippen molar-refractivity contribution in [1.29, 1.82) is 0 Å². The van der Waals surface area contributed by atoms with Crippen molar-refractivity contribution < 1.29 is 17.9 Å². The number of sulfone groups is 1.